The number of carbonyl (C=O) groups excluding carboxylic acids is 2. The molecule has 1 unspecified atom stereocenters. The van der Waals surface area contributed by atoms with Crippen LogP contribution in [0.3, 0.4) is 0 Å². The average Bonchev–Trinajstić information content (AvgIpc) is 3.03. The predicted octanol–water partition coefficient (Wildman–Crippen LogP) is 5.76. The molecule has 6 heteroatoms. The standard InChI is InChI=1S/C26H27N3O2S/c1-17(2)16-29-25(31)23(32-26(29)28-22-11-7-4-8-18(22)3)15-24(30)27-21-13-12-19-9-5-6-10-20(19)14-21/h4-14,17,23H,15-16H2,1-3H3,(H,27,30). The molecule has 1 atom stereocenters. The molecular weight excluding hydrogens is 418 g/mol. The van der Waals surface area contributed by atoms with Crippen LogP contribution in [0.5, 0.6) is 0 Å². The molecule has 0 aromatic heterocycles. The number of amidine groups is 1. The quantitative estimate of drug-likeness (QED) is 0.524. The molecule has 1 aliphatic rings. The van der Waals surface area contributed by atoms with E-state index < -0.39 is 5.25 Å². The van der Waals surface area contributed by atoms with Crippen molar-refractivity contribution in [2.75, 3.05) is 11.9 Å². The van der Waals surface area contributed by atoms with Crippen LogP contribution in [0.1, 0.15) is 25.8 Å². The van der Waals surface area contributed by atoms with Crippen LogP contribution in [0.4, 0.5) is 11.4 Å². The number of nitrogens with zero attached hydrogens (tertiary/aromatic N) is 2. The molecule has 1 fully saturated rings. The first-order valence-electron chi connectivity index (χ1n) is 10.8. The van der Waals surface area contributed by atoms with Gasteiger partial charge in [0.15, 0.2) is 5.17 Å². The number of benzene rings is 3. The fraction of sp³-hybridized carbons (Fsp3) is 0.269. The van der Waals surface area contributed by atoms with Crippen LogP contribution in [0.15, 0.2) is 71.7 Å². The molecule has 32 heavy (non-hydrogen) atoms. The van der Waals surface area contributed by atoms with Crippen LogP contribution in [-0.2, 0) is 9.59 Å². The number of hydrogen-bond donors (Lipinski definition) is 1. The van der Waals surface area contributed by atoms with Gasteiger partial charge in [0, 0.05) is 18.7 Å². The monoisotopic (exact) mass is 445 g/mol. The number of fused-ring (bicyclic) bond motifs is 1. The van der Waals surface area contributed by atoms with Gasteiger partial charge in [-0.1, -0.05) is 74.1 Å². The average molecular weight is 446 g/mol. The maximum atomic E-state index is 13.1. The van der Waals surface area contributed by atoms with E-state index in [2.05, 4.69) is 19.2 Å². The zero-order chi connectivity index (χ0) is 22.7. The van der Waals surface area contributed by atoms with E-state index in [1.165, 1.54) is 11.8 Å². The zero-order valence-electron chi connectivity index (χ0n) is 18.5. The summed E-state index contributed by atoms with van der Waals surface area (Å²) >= 11 is 1.38. The van der Waals surface area contributed by atoms with Crippen LogP contribution in [0.25, 0.3) is 10.8 Å². The van der Waals surface area contributed by atoms with Crippen molar-refractivity contribution in [1.29, 1.82) is 0 Å². The molecule has 0 aliphatic carbocycles. The van der Waals surface area contributed by atoms with Gasteiger partial charge in [0.05, 0.1) is 5.69 Å². The Balaban J connectivity index is 1.50. The molecule has 164 valence electrons. The minimum absolute atomic E-state index is 0.0512. The number of hydrogen-bond acceptors (Lipinski definition) is 4. The minimum Gasteiger partial charge on any atom is -0.326 e. The lowest BCUT2D eigenvalue weighted by Gasteiger charge is -2.19. The fourth-order valence-electron chi connectivity index (χ4n) is 3.70. The predicted molar refractivity (Wildman–Crippen MR) is 133 cm³/mol. The highest BCUT2D eigenvalue weighted by Crippen LogP contribution is 2.33. The van der Waals surface area contributed by atoms with E-state index in [4.69, 9.17) is 4.99 Å². The molecule has 0 saturated carbocycles. The van der Waals surface area contributed by atoms with Gasteiger partial charge in [0.1, 0.15) is 5.25 Å². The molecule has 2 amide bonds. The van der Waals surface area contributed by atoms with Crippen molar-refractivity contribution >= 4 is 50.9 Å². The number of amides is 2. The Morgan fingerprint density at radius 3 is 2.53 bits per heavy atom. The number of thioether (sulfide) groups is 1. The number of carbonyl (C=O) groups is 2. The van der Waals surface area contributed by atoms with Gasteiger partial charge in [0.2, 0.25) is 11.8 Å². The lowest BCUT2D eigenvalue weighted by atomic mass is 10.1. The molecule has 0 spiro atoms. The van der Waals surface area contributed by atoms with Crippen molar-refractivity contribution in [3.63, 3.8) is 0 Å². The van der Waals surface area contributed by atoms with Crippen molar-refractivity contribution in [2.45, 2.75) is 32.4 Å². The molecule has 1 aliphatic heterocycles. The zero-order valence-corrected chi connectivity index (χ0v) is 19.4. The summed E-state index contributed by atoms with van der Waals surface area (Å²) in [6, 6.07) is 21.7. The summed E-state index contributed by atoms with van der Waals surface area (Å²) in [6.45, 7) is 6.73. The number of nitrogens with one attached hydrogen (secondary N) is 1. The summed E-state index contributed by atoms with van der Waals surface area (Å²) < 4.78 is 0. The molecule has 0 bridgehead atoms. The Hall–Kier alpha value is -3.12. The lowest BCUT2D eigenvalue weighted by molar-refractivity contribution is -0.128. The molecule has 1 N–H and O–H groups in total. The molecule has 5 nitrogen and oxygen atoms in total. The smallest absolute Gasteiger partial charge is 0.242 e. The van der Waals surface area contributed by atoms with Gasteiger partial charge in [-0.25, -0.2) is 4.99 Å². The summed E-state index contributed by atoms with van der Waals surface area (Å²) in [5.41, 5.74) is 2.63. The number of aryl methyl sites for hydroxylation is 1. The SMILES string of the molecule is Cc1ccccc1N=C1SC(CC(=O)Nc2ccc3ccccc3c2)C(=O)N1CC(C)C. The van der Waals surface area contributed by atoms with E-state index in [1.54, 1.807) is 4.90 Å². The van der Waals surface area contributed by atoms with Crippen LogP contribution < -0.4 is 5.32 Å². The molecule has 4 rings (SSSR count). The third-order valence-electron chi connectivity index (χ3n) is 5.30. The molecule has 1 heterocycles. The second-order valence-electron chi connectivity index (χ2n) is 8.44. The highest BCUT2D eigenvalue weighted by atomic mass is 32.2. The van der Waals surface area contributed by atoms with Gasteiger partial charge in [-0.2, -0.15) is 0 Å². The molecule has 1 saturated heterocycles. The van der Waals surface area contributed by atoms with Gasteiger partial charge < -0.3 is 5.32 Å². The van der Waals surface area contributed by atoms with Crippen LogP contribution in [-0.4, -0.2) is 33.7 Å². The van der Waals surface area contributed by atoms with E-state index in [-0.39, 0.29) is 18.2 Å². The number of anilines is 1. The first kappa shape index (κ1) is 22.1. The highest BCUT2D eigenvalue weighted by molar-refractivity contribution is 8.15. The van der Waals surface area contributed by atoms with Crippen molar-refractivity contribution in [2.24, 2.45) is 10.9 Å². The largest absolute Gasteiger partial charge is 0.326 e. The maximum Gasteiger partial charge on any atom is 0.242 e. The van der Waals surface area contributed by atoms with Gasteiger partial charge in [-0.05, 0) is 47.4 Å². The Bertz CT molecular complexity index is 1190. The lowest BCUT2D eigenvalue weighted by Crippen LogP contribution is -2.36. The van der Waals surface area contributed by atoms with Crippen molar-refractivity contribution in [1.82, 2.24) is 4.90 Å². The summed E-state index contributed by atoms with van der Waals surface area (Å²) in [5, 5.41) is 5.32. The van der Waals surface area contributed by atoms with Gasteiger partial charge >= 0.3 is 0 Å². The minimum atomic E-state index is -0.475. The van der Waals surface area contributed by atoms with E-state index in [0.717, 1.165) is 27.7 Å². The maximum absolute atomic E-state index is 13.1. The van der Waals surface area contributed by atoms with Crippen LogP contribution in [0, 0.1) is 12.8 Å². The summed E-state index contributed by atoms with van der Waals surface area (Å²) in [4.78, 5) is 32.4. The van der Waals surface area contributed by atoms with Crippen molar-refractivity contribution in [3.05, 3.63) is 72.3 Å². The second-order valence-corrected chi connectivity index (χ2v) is 9.61. The Kier molecular flexibility index (Phi) is 6.61. The normalized spacial score (nSPS) is 17.5. The topological polar surface area (TPSA) is 61.8 Å². The Morgan fingerprint density at radius 1 is 1.06 bits per heavy atom. The van der Waals surface area contributed by atoms with Gasteiger partial charge in [-0.15, -0.1) is 0 Å². The Labute approximate surface area is 192 Å². The third kappa shape index (κ3) is 5.02. The van der Waals surface area contributed by atoms with E-state index in [9.17, 15) is 9.59 Å². The van der Waals surface area contributed by atoms with Crippen LogP contribution >= 0.6 is 11.8 Å². The molecular formula is C26H27N3O2S. The van der Waals surface area contributed by atoms with E-state index >= 15 is 0 Å². The number of rotatable bonds is 6. The van der Waals surface area contributed by atoms with Gasteiger partial charge in [0.25, 0.3) is 0 Å². The fourth-order valence-corrected chi connectivity index (χ4v) is 4.86. The second kappa shape index (κ2) is 9.57. The van der Waals surface area contributed by atoms with Crippen LogP contribution in [0.2, 0.25) is 0 Å². The first-order valence-corrected chi connectivity index (χ1v) is 11.7. The summed E-state index contributed by atoms with van der Waals surface area (Å²) in [5.74, 6) is 0.0734. The third-order valence-corrected chi connectivity index (χ3v) is 6.48. The summed E-state index contributed by atoms with van der Waals surface area (Å²) in [7, 11) is 0. The van der Waals surface area contributed by atoms with Crippen molar-refractivity contribution in [3.8, 4) is 0 Å². The number of aliphatic imine (C=N–C) groups is 1. The van der Waals surface area contributed by atoms with Gasteiger partial charge in [-0.3, -0.25) is 14.5 Å². The van der Waals surface area contributed by atoms with E-state index in [0.29, 0.717) is 17.6 Å². The molecule has 3 aromatic carbocycles. The van der Waals surface area contributed by atoms with Crippen molar-refractivity contribution < 1.29 is 9.59 Å². The first-order chi connectivity index (χ1) is 15.4. The number of para-hydroxylation sites is 1. The highest BCUT2D eigenvalue weighted by Gasteiger charge is 2.39. The Morgan fingerprint density at radius 2 is 1.78 bits per heavy atom. The molecule has 3 aromatic rings. The molecule has 0 radical (unpaired) electrons. The van der Waals surface area contributed by atoms with E-state index in [1.807, 2.05) is 73.7 Å². The summed E-state index contributed by atoms with van der Waals surface area (Å²) in [6.07, 6.45) is 0.109.